The van der Waals surface area contributed by atoms with E-state index in [1.165, 1.54) is 19.2 Å². The maximum absolute atomic E-state index is 13.2. The molecular weight excluding hydrogens is 309 g/mol. The van der Waals surface area contributed by atoms with Crippen LogP contribution in [-0.2, 0) is 25.8 Å². The Kier molecular flexibility index (Phi) is 5.52. The molecule has 122 valence electrons. The van der Waals surface area contributed by atoms with Gasteiger partial charge in [0.25, 0.3) is 0 Å². The first kappa shape index (κ1) is 16.9. The lowest BCUT2D eigenvalue weighted by Crippen LogP contribution is -2.43. The fourth-order valence-corrected chi connectivity index (χ4v) is 4.38. The van der Waals surface area contributed by atoms with Gasteiger partial charge in [-0.15, -0.1) is 0 Å². The number of carbonyl (C=O) groups excluding carboxylic acids is 1. The molecule has 1 saturated heterocycles. The lowest BCUT2D eigenvalue weighted by atomic mass is 10.1. The molecule has 7 heteroatoms. The van der Waals surface area contributed by atoms with E-state index < -0.39 is 15.7 Å². The first-order valence-corrected chi connectivity index (χ1v) is 8.97. The van der Waals surface area contributed by atoms with E-state index in [4.69, 9.17) is 4.74 Å². The van der Waals surface area contributed by atoms with Crippen LogP contribution in [0.2, 0.25) is 0 Å². The molecule has 1 aliphatic rings. The van der Waals surface area contributed by atoms with Gasteiger partial charge in [0, 0.05) is 19.7 Å². The summed E-state index contributed by atoms with van der Waals surface area (Å²) in [6, 6.07) is 5.55. The van der Waals surface area contributed by atoms with Gasteiger partial charge in [0.1, 0.15) is 5.82 Å². The second-order valence-electron chi connectivity index (χ2n) is 5.44. The number of halogens is 1. The molecule has 1 aromatic carbocycles. The molecule has 0 saturated carbocycles. The highest BCUT2D eigenvalue weighted by Crippen LogP contribution is 2.19. The minimum Gasteiger partial charge on any atom is -0.383 e. The maximum atomic E-state index is 13.2. The van der Waals surface area contributed by atoms with Crippen molar-refractivity contribution in [2.45, 2.75) is 18.9 Å². The van der Waals surface area contributed by atoms with Crippen LogP contribution in [0.3, 0.4) is 0 Å². The van der Waals surface area contributed by atoms with E-state index in [0.29, 0.717) is 25.1 Å². The molecule has 0 radical (unpaired) electrons. The lowest BCUT2D eigenvalue weighted by molar-refractivity contribution is -0.133. The zero-order valence-corrected chi connectivity index (χ0v) is 13.3. The van der Waals surface area contributed by atoms with Crippen molar-refractivity contribution < 1.29 is 22.3 Å². The summed E-state index contributed by atoms with van der Waals surface area (Å²) in [7, 11) is -1.54. The van der Waals surface area contributed by atoms with Crippen molar-refractivity contribution in [3.63, 3.8) is 0 Å². The number of rotatable bonds is 6. The number of carbonyl (C=O) groups is 1. The molecule has 2 rings (SSSR count). The van der Waals surface area contributed by atoms with E-state index in [-0.39, 0.29) is 29.9 Å². The molecule has 1 atom stereocenters. The van der Waals surface area contributed by atoms with Gasteiger partial charge in [0.2, 0.25) is 5.91 Å². The molecule has 1 amide bonds. The van der Waals surface area contributed by atoms with Crippen molar-refractivity contribution in [2.24, 2.45) is 0 Å². The van der Waals surface area contributed by atoms with Crippen LogP contribution in [0.4, 0.5) is 4.39 Å². The van der Waals surface area contributed by atoms with Gasteiger partial charge < -0.3 is 9.64 Å². The van der Waals surface area contributed by atoms with Gasteiger partial charge in [-0.25, -0.2) is 12.8 Å². The third-order valence-corrected chi connectivity index (χ3v) is 5.50. The Balaban J connectivity index is 2.09. The summed E-state index contributed by atoms with van der Waals surface area (Å²) in [5.74, 6) is -0.498. The van der Waals surface area contributed by atoms with Crippen molar-refractivity contribution in [3.8, 4) is 0 Å². The highest BCUT2D eigenvalue weighted by molar-refractivity contribution is 7.91. The quantitative estimate of drug-likeness (QED) is 0.782. The first-order chi connectivity index (χ1) is 10.4. The Morgan fingerprint density at radius 1 is 1.45 bits per heavy atom. The fourth-order valence-electron chi connectivity index (χ4n) is 2.64. The van der Waals surface area contributed by atoms with Crippen LogP contribution in [-0.4, -0.2) is 57.0 Å². The van der Waals surface area contributed by atoms with Crippen molar-refractivity contribution in [3.05, 3.63) is 35.6 Å². The molecule has 0 aliphatic carbocycles. The number of hydrogen-bond donors (Lipinski definition) is 0. The Labute approximate surface area is 130 Å². The monoisotopic (exact) mass is 329 g/mol. The fraction of sp³-hybridized carbons (Fsp3) is 0.533. The summed E-state index contributed by atoms with van der Waals surface area (Å²) in [6.45, 7) is 0.677. The SMILES string of the molecule is COCCN(C(=O)Cc1cccc(F)c1)C1CCS(=O)(=O)C1. The van der Waals surface area contributed by atoms with Crippen LogP contribution in [0.1, 0.15) is 12.0 Å². The highest BCUT2D eigenvalue weighted by atomic mass is 32.2. The van der Waals surface area contributed by atoms with E-state index in [1.807, 2.05) is 0 Å². The normalized spacial score (nSPS) is 20.0. The minimum absolute atomic E-state index is 0.00833. The molecule has 5 nitrogen and oxygen atoms in total. The van der Waals surface area contributed by atoms with E-state index in [0.717, 1.165) is 0 Å². The summed E-state index contributed by atoms with van der Waals surface area (Å²) >= 11 is 0. The van der Waals surface area contributed by atoms with Gasteiger partial charge in [0.15, 0.2) is 9.84 Å². The zero-order valence-electron chi connectivity index (χ0n) is 12.5. The Morgan fingerprint density at radius 2 is 2.23 bits per heavy atom. The molecule has 1 aliphatic heterocycles. The van der Waals surface area contributed by atoms with Crippen molar-refractivity contribution in [2.75, 3.05) is 31.8 Å². The van der Waals surface area contributed by atoms with Crippen LogP contribution in [0.5, 0.6) is 0 Å². The van der Waals surface area contributed by atoms with Crippen molar-refractivity contribution in [1.82, 2.24) is 4.90 Å². The number of nitrogens with zero attached hydrogens (tertiary/aromatic N) is 1. The summed E-state index contributed by atoms with van der Waals surface area (Å²) < 4.78 is 41.5. The zero-order chi connectivity index (χ0) is 16.2. The summed E-state index contributed by atoms with van der Waals surface area (Å²) in [5.41, 5.74) is 0.577. The molecular formula is C15H20FNO4S. The Hall–Kier alpha value is -1.47. The first-order valence-electron chi connectivity index (χ1n) is 7.14. The molecule has 1 unspecified atom stereocenters. The molecule has 1 aromatic rings. The van der Waals surface area contributed by atoms with Crippen molar-refractivity contribution in [1.29, 1.82) is 0 Å². The number of benzene rings is 1. The second-order valence-corrected chi connectivity index (χ2v) is 7.67. The molecule has 1 fully saturated rings. The predicted octanol–water partition coefficient (Wildman–Crippen LogP) is 1.03. The molecule has 0 bridgehead atoms. The van der Waals surface area contributed by atoms with Gasteiger partial charge in [-0.2, -0.15) is 0 Å². The molecule has 0 spiro atoms. The Morgan fingerprint density at radius 3 is 2.82 bits per heavy atom. The van der Waals surface area contributed by atoms with Gasteiger partial charge in [-0.05, 0) is 24.1 Å². The largest absolute Gasteiger partial charge is 0.383 e. The predicted molar refractivity (Wildman–Crippen MR) is 80.8 cm³/mol. The number of amides is 1. The van der Waals surface area contributed by atoms with Crippen LogP contribution in [0, 0.1) is 5.82 Å². The smallest absolute Gasteiger partial charge is 0.227 e. The molecule has 22 heavy (non-hydrogen) atoms. The standard InChI is InChI=1S/C15H20FNO4S/c1-21-7-6-17(14-5-8-22(19,20)11-14)15(18)10-12-3-2-4-13(16)9-12/h2-4,9,14H,5-8,10-11H2,1H3. The average Bonchev–Trinajstić information content (AvgIpc) is 2.79. The lowest BCUT2D eigenvalue weighted by Gasteiger charge is -2.28. The highest BCUT2D eigenvalue weighted by Gasteiger charge is 2.34. The van der Waals surface area contributed by atoms with Gasteiger partial charge >= 0.3 is 0 Å². The van der Waals surface area contributed by atoms with Crippen LogP contribution < -0.4 is 0 Å². The number of ether oxygens (including phenoxy) is 1. The maximum Gasteiger partial charge on any atom is 0.227 e. The van der Waals surface area contributed by atoms with Crippen LogP contribution in [0.15, 0.2) is 24.3 Å². The Bertz CT molecular complexity index is 632. The van der Waals surface area contributed by atoms with E-state index in [1.54, 1.807) is 17.0 Å². The number of sulfone groups is 1. The third kappa shape index (κ3) is 4.51. The third-order valence-electron chi connectivity index (χ3n) is 3.75. The van der Waals surface area contributed by atoms with Gasteiger partial charge in [0.05, 0.1) is 24.5 Å². The summed E-state index contributed by atoms with van der Waals surface area (Å²) in [5, 5.41) is 0. The number of methoxy groups -OCH3 is 1. The van der Waals surface area contributed by atoms with Crippen LogP contribution >= 0.6 is 0 Å². The summed E-state index contributed by atoms with van der Waals surface area (Å²) in [6.07, 6.45) is 0.499. The van der Waals surface area contributed by atoms with Gasteiger partial charge in [-0.3, -0.25) is 4.79 Å². The van der Waals surface area contributed by atoms with E-state index >= 15 is 0 Å². The van der Waals surface area contributed by atoms with Gasteiger partial charge in [-0.1, -0.05) is 12.1 Å². The van der Waals surface area contributed by atoms with E-state index in [2.05, 4.69) is 0 Å². The van der Waals surface area contributed by atoms with Crippen molar-refractivity contribution >= 4 is 15.7 Å². The van der Waals surface area contributed by atoms with Crippen LogP contribution in [0.25, 0.3) is 0 Å². The topological polar surface area (TPSA) is 63.7 Å². The van der Waals surface area contributed by atoms with E-state index in [9.17, 15) is 17.6 Å². The summed E-state index contributed by atoms with van der Waals surface area (Å²) in [4.78, 5) is 14.0. The second kappa shape index (κ2) is 7.19. The molecule has 0 aromatic heterocycles. The molecule has 1 heterocycles. The number of hydrogen-bond acceptors (Lipinski definition) is 4. The minimum atomic E-state index is -3.07. The molecule has 0 N–H and O–H groups in total. The average molecular weight is 329 g/mol.